The Morgan fingerprint density at radius 3 is 2.72 bits per heavy atom. The molecule has 130 valence electrons. The first-order chi connectivity index (χ1) is 12.1. The van der Waals surface area contributed by atoms with Gasteiger partial charge in [0.05, 0.1) is 0 Å². The van der Waals surface area contributed by atoms with Gasteiger partial charge in [-0.1, -0.05) is 36.4 Å². The first-order valence-electron chi connectivity index (χ1n) is 8.75. The van der Waals surface area contributed by atoms with Gasteiger partial charge in [-0.25, -0.2) is 4.79 Å². The monoisotopic (exact) mass is 339 g/mol. The molecule has 6 nitrogen and oxygen atoms in total. The Kier molecular flexibility index (Phi) is 3.82. The van der Waals surface area contributed by atoms with Crippen LogP contribution in [0, 0.1) is 0 Å². The van der Waals surface area contributed by atoms with Crippen molar-refractivity contribution in [1.82, 2.24) is 15.5 Å². The molecule has 1 aliphatic carbocycles. The van der Waals surface area contributed by atoms with E-state index in [1.807, 2.05) is 11.0 Å². The summed E-state index contributed by atoms with van der Waals surface area (Å²) in [6, 6.07) is 7.22. The molecule has 0 aromatic heterocycles. The lowest BCUT2D eigenvalue weighted by molar-refractivity contribution is -0.134. The van der Waals surface area contributed by atoms with Crippen LogP contribution < -0.4 is 10.6 Å². The highest BCUT2D eigenvalue weighted by molar-refractivity contribution is 5.98. The molecule has 2 saturated heterocycles. The third-order valence-electron chi connectivity index (χ3n) is 5.56. The number of fused-ring (bicyclic) bond motifs is 2. The molecule has 1 aromatic rings. The van der Waals surface area contributed by atoms with Crippen LogP contribution in [-0.2, 0) is 15.0 Å². The number of rotatable bonds is 1. The van der Waals surface area contributed by atoms with E-state index in [9.17, 15) is 14.4 Å². The zero-order valence-corrected chi connectivity index (χ0v) is 14.0. The fraction of sp³-hybridized carbons (Fsp3) is 0.421. The maximum absolute atomic E-state index is 12.8. The Bertz CT molecular complexity index is 763. The number of imide groups is 1. The molecule has 0 bridgehead atoms. The quantitative estimate of drug-likeness (QED) is 0.815. The average molecular weight is 339 g/mol. The lowest BCUT2D eigenvalue weighted by Crippen LogP contribution is -2.53. The van der Waals surface area contributed by atoms with Crippen LogP contribution in [0.15, 0.2) is 30.3 Å². The average Bonchev–Trinajstić information content (AvgIpc) is 2.87. The van der Waals surface area contributed by atoms with E-state index in [1.165, 1.54) is 11.1 Å². The fourth-order valence-electron chi connectivity index (χ4n) is 4.13. The predicted molar refractivity (Wildman–Crippen MR) is 92.7 cm³/mol. The Balaban J connectivity index is 1.44. The summed E-state index contributed by atoms with van der Waals surface area (Å²) in [7, 11) is 0. The minimum atomic E-state index is -0.619. The molecular weight excluding hydrogens is 318 g/mol. The van der Waals surface area contributed by atoms with Crippen LogP contribution in [0.3, 0.4) is 0 Å². The highest BCUT2D eigenvalue weighted by Crippen LogP contribution is 2.43. The van der Waals surface area contributed by atoms with Crippen molar-refractivity contribution in [1.29, 1.82) is 0 Å². The van der Waals surface area contributed by atoms with Crippen LogP contribution in [0.2, 0.25) is 0 Å². The van der Waals surface area contributed by atoms with E-state index in [2.05, 4.69) is 41.0 Å². The number of carbonyl (C=O) groups is 3. The molecule has 2 aliphatic heterocycles. The predicted octanol–water partition coefficient (Wildman–Crippen LogP) is 1.56. The van der Waals surface area contributed by atoms with Gasteiger partial charge in [0, 0.05) is 24.9 Å². The summed E-state index contributed by atoms with van der Waals surface area (Å²) in [6.45, 7) is 1.32. The lowest BCUT2D eigenvalue weighted by Gasteiger charge is -2.40. The summed E-state index contributed by atoms with van der Waals surface area (Å²) in [5.41, 5.74) is 2.64. The summed E-state index contributed by atoms with van der Waals surface area (Å²) in [6.07, 6.45) is 6.74. The van der Waals surface area contributed by atoms with Gasteiger partial charge in [-0.2, -0.15) is 0 Å². The van der Waals surface area contributed by atoms with Crippen molar-refractivity contribution >= 4 is 23.9 Å². The Labute approximate surface area is 146 Å². The lowest BCUT2D eigenvalue weighted by atomic mass is 9.74. The van der Waals surface area contributed by atoms with Crippen LogP contribution in [-0.4, -0.2) is 41.9 Å². The Morgan fingerprint density at radius 1 is 1.16 bits per heavy atom. The van der Waals surface area contributed by atoms with E-state index in [0.29, 0.717) is 19.5 Å². The Hall–Kier alpha value is -2.63. The minimum Gasteiger partial charge on any atom is -0.341 e. The molecule has 1 unspecified atom stereocenters. The van der Waals surface area contributed by atoms with Gasteiger partial charge in [0.25, 0.3) is 0 Å². The van der Waals surface area contributed by atoms with E-state index in [-0.39, 0.29) is 23.7 Å². The van der Waals surface area contributed by atoms with Crippen molar-refractivity contribution in [3.8, 4) is 0 Å². The summed E-state index contributed by atoms with van der Waals surface area (Å²) in [5, 5.41) is 4.82. The highest BCUT2D eigenvalue weighted by Gasteiger charge is 2.40. The van der Waals surface area contributed by atoms with Crippen LogP contribution >= 0.6 is 0 Å². The van der Waals surface area contributed by atoms with Crippen molar-refractivity contribution in [3.63, 3.8) is 0 Å². The number of hydrogen-bond acceptors (Lipinski definition) is 3. The summed E-state index contributed by atoms with van der Waals surface area (Å²) in [5.74, 6) is -0.423. The SMILES string of the molecule is O=C1CCC(C(=O)N2CCC3(C=Cc4ccccc43)CC2)NC(=O)N1. The number of benzene rings is 1. The molecular formula is C19H21N3O3. The van der Waals surface area contributed by atoms with Gasteiger partial charge in [0.1, 0.15) is 6.04 Å². The summed E-state index contributed by atoms with van der Waals surface area (Å²) in [4.78, 5) is 37.6. The highest BCUT2D eigenvalue weighted by atomic mass is 16.2. The van der Waals surface area contributed by atoms with Crippen molar-refractivity contribution in [3.05, 3.63) is 41.5 Å². The second-order valence-electron chi connectivity index (χ2n) is 7.01. The third-order valence-corrected chi connectivity index (χ3v) is 5.56. The largest absolute Gasteiger partial charge is 0.341 e. The molecule has 25 heavy (non-hydrogen) atoms. The molecule has 1 spiro atoms. The minimum absolute atomic E-state index is 0.0254. The van der Waals surface area contributed by atoms with Gasteiger partial charge in [0.15, 0.2) is 0 Å². The van der Waals surface area contributed by atoms with Gasteiger partial charge < -0.3 is 10.2 Å². The molecule has 4 rings (SSSR count). The van der Waals surface area contributed by atoms with Crippen molar-refractivity contribution < 1.29 is 14.4 Å². The van der Waals surface area contributed by atoms with Gasteiger partial charge in [0.2, 0.25) is 11.8 Å². The molecule has 1 aromatic carbocycles. The maximum atomic E-state index is 12.8. The molecule has 3 aliphatic rings. The second kappa shape index (κ2) is 6.02. The second-order valence-corrected chi connectivity index (χ2v) is 7.01. The zero-order valence-electron chi connectivity index (χ0n) is 14.0. The van der Waals surface area contributed by atoms with Gasteiger partial charge >= 0.3 is 6.03 Å². The van der Waals surface area contributed by atoms with Crippen molar-refractivity contribution in [2.75, 3.05) is 13.1 Å². The molecule has 2 N–H and O–H groups in total. The fourth-order valence-corrected chi connectivity index (χ4v) is 4.13. The summed E-state index contributed by atoms with van der Waals surface area (Å²) >= 11 is 0. The zero-order chi connectivity index (χ0) is 17.4. The first kappa shape index (κ1) is 15.9. The number of amides is 4. The molecule has 4 amide bonds. The van der Waals surface area contributed by atoms with Crippen LogP contribution in [0.4, 0.5) is 4.79 Å². The smallest absolute Gasteiger partial charge is 0.322 e. The molecule has 0 saturated carbocycles. The summed E-state index contributed by atoms with van der Waals surface area (Å²) < 4.78 is 0. The number of carbonyl (C=O) groups excluding carboxylic acids is 3. The molecule has 6 heteroatoms. The van der Waals surface area contributed by atoms with Gasteiger partial charge in [-0.3, -0.25) is 14.9 Å². The van der Waals surface area contributed by atoms with Gasteiger partial charge in [-0.15, -0.1) is 0 Å². The van der Waals surface area contributed by atoms with E-state index in [4.69, 9.17) is 0 Å². The number of allylic oxidation sites excluding steroid dienone is 1. The van der Waals surface area contributed by atoms with E-state index in [0.717, 1.165) is 12.8 Å². The Morgan fingerprint density at radius 2 is 1.92 bits per heavy atom. The van der Waals surface area contributed by atoms with Crippen LogP contribution in [0.5, 0.6) is 0 Å². The van der Waals surface area contributed by atoms with Gasteiger partial charge in [-0.05, 0) is 30.4 Å². The first-order valence-corrected chi connectivity index (χ1v) is 8.75. The van der Waals surface area contributed by atoms with Crippen LogP contribution in [0.1, 0.15) is 36.8 Å². The van der Waals surface area contributed by atoms with Crippen molar-refractivity contribution in [2.24, 2.45) is 0 Å². The molecule has 0 radical (unpaired) electrons. The molecule has 2 fully saturated rings. The number of likely N-dealkylation sites (tertiary alicyclic amines) is 1. The third kappa shape index (κ3) is 2.81. The number of urea groups is 1. The van der Waals surface area contributed by atoms with E-state index < -0.39 is 12.1 Å². The normalized spacial score (nSPS) is 24.5. The molecule has 1 atom stereocenters. The number of hydrogen-bond donors (Lipinski definition) is 2. The topological polar surface area (TPSA) is 78.5 Å². The van der Waals surface area contributed by atoms with Crippen molar-refractivity contribution in [2.45, 2.75) is 37.1 Å². The van der Waals surface area contributed by atoms with E-state index >= 15 is 0 Å². The standard InChI is InChI=1S/C19H21N3O3/c23-16-6-5-15(20-18(25)21-16)17(24)22-11-9-19(10-12-22)8-7-13-3-1-2-4-14(13)19/h1-4,7-8,15H,5-6,9-12H2,(H2,20,21,23,25). The number of nitrogens with one attached hydrogen (secondary N) is 2. The number of piperidine rings is 1. The molecule has 2 heterocycles. The maximum Gasteiger partial charge on any atom is 0.322 e. The van der Waals surface area contributed by atoms with Crippen LogP contribution in [0.25, 0.3) is 6.08 Å². The number of nitrogens with zero attached hydrogens (tertiary/aromatic N) is 1. The van der Waals surface area contributed by atoms with E-state index in [1.54, 1.807) is 0 Å².